The number of nitrogens with zero attached hydrogens (tertiary/aromatic N) is 4. The minimum atomic E-state index is -2.98. The number of benzene rings is 3. The summed E-state index contributed by atoms with van der Waals surface area (Å²) in [6, 6.07) is 18.1. The molecule has 1 aliphatic carbocycles. The van der Waals surface area contributed by atoms with Gasteiger partial charge < -0.3 is 38.8 Å². The fourth-order valence-electron chi connectivity index (χ4n) is 14.4. The Balaban J connectivity index is 1.27. The molecule has 0 amide bonds. The molecular weight excluding hydrogens is 873 g/mol. The number of alkyl halides is 2. The van der Waals surface area contributed by atoms with Crippen LogP contribution in [-0.2, 0) is 45.8 Å². The number of rotatable bonds is 8. The van der Waals surface area contributed by atoms with Gasteiger partial charge in [-0.1, -0.05) is 37.3 Å². The van der Waals surface area contributed by atoms with E-state index < -0.39 is 75.7 Å². The lowest BCUT2D eigenvalue weighted by Crippen LogP contribution is -2.81. The third-order valence-corrected chi connectivity index (χ3v) is 17.0. The van der Waals surface area contributed by atoms with Crippen LogP contribution in [0.1, 0.15) is 74.4 Å². The van der Waals surface area contributed by atoms with Crippen molar-refractivity contribution in [2.24, 2.45) is 17.3 Å². The smallest absolute Gasteiger partial charge is 0.344 e. The molecule has 3 aromatic carbocycles. The number of hydrogen-bond donors (Lipinski definition) is 2. The van der Waals surface area contributed by atoms with Crippen molar-refractivity contribution in [1.29, 1.82) is 5.26 Å². The van der Waals surface area contributed by atoms with Crippen LogP contribution in [0.2, 0.25) is 0 Å². The first kappa shape index (κ1) is 45.9. The van der Waals surface area contributed by atoms with Crippen molar-refractivity contribution < 1.29 is 47.2 Å². The summed E-state index contributed by atoms with van der Waals surface area (Å²) < 4.78 is 55.2. The van der Waals surface area contributed by atoms with E-state index in [9.17, 15) is 20.0 Å². The Kier molecular flexibility index (Phi) is 10.9. The number of fused-ring (bicyclic) bond motifs is 6. The number of piperidine rings is 1. The van der Waals surface area contributed by atoms with E-state index in [2.05, 4.69) is 26.9 Å². The molecule has 10 atom stereocenters. The highest BCUT2D eigenvalue weighted by molar-refractivity contribution is 5.96. The van der Waals surface area contributed by atoms with Gasteiger partial charge in [0.1, 0.15) is 11.2 Å². The SMILES string of the molecule is CC[C@@]12C=CCN3CCC4(c5cc([C@@]6(C(=O)OC)CC7CC(C(C)(F)F)CN(CCc8c6[nH]c6ccc(-c9ccc(C#N)cc9)cc86)C7)c(OC)cc5N(C)C4[C@](O)(C(=O)OC)[C@H]1OC(C)=O)C32. The molecule has 1 aromatic heterocycles. The zero-order valence-electron chi connectivity index (χ0n) is 39.7. The number of likely N-dealkylation sites (N-methyl/N-ethyl adjacent to an activating group) is 1. The fourth-order valence-corrected chi connectivity index (χ4v) is 14.4. The number of halogens is 2. The number of methoxy groups -OCH3 is 3. The number of esters is 3. The summed E-state index contributed by atoms with van der Waals surface area (Å²) >= 11 is 0. The zero-order valence-corrected chi connectivity index (χ0v) is 39.7. The summed E-state index contributed by atoms with van der Waals surface area (Å²) in [5.41, 5.74) is 0.333. The summed E-state index contributed by atoms with van der Waals surface area (Å²) in [5.74, 6) is -6.16. The molecule has 15 heteroatoms. The van der Waals surface area contributed by atoms with E-state index in [-0.39, 0.29) is 19.4 Å². The second-order valence-corrected chi connectivity index (χ2v) is 20.2. The number of H-pyrrole nitrogens is 1. The van der Waals surface area contributed by atoms with E-state index in [0.29, 0.717) is 73.7 Å². The maximum Gasteiger partial charge on any atom is 0.344 e. The van der Waals surface area contributed by atoms with Gasteiger partial charge in [0, 0.05) is 96.9 Å². The van der Waals surface area contributed by atoms with Gasteiger partial charge >= 0.3 is 17.9 Å². The van der Waals surface area contributed by atoms with Gasteiger partial charge in [-0.15, -0.1) is 0 Å². The first-order chi connectivity index (χ1) is 32.5. The van der Waals surface area contributed by atoms with E-state index in [1.54, 1.807) is 12.1 Å². The normalized spacial score (nSPS) is 32.6. The average Bonchev–Trinajstić information content (AvgIpc) is 3.99. The zero-order chi connectivity index (χ0) is 48.3. The number of carbonyl (C=O) groups is 3. The van der Waals surface area contributed by atoms with E-state index in [0.717, 1.165) is 40.1 Å². The standard InChI is InChI=1S/C53H59F2N5O8/c1-8-50-17-9-19-60-21-18-51(44(50)60)38-24-39(42(65-5)25-41(38)58(4)45(51)53(64,48(63)67-7)46(50)68-30(2)61)52(47(62)66-6)26-32-22-35(49(3,54)55)29-59(28-32)20-16-36-37-23-34(14-15-40(37)57-43(36)52)33-12-10-31(27-56)11-13-33/h9-15,17,23-25,32,35,44-46,57,64H,8,16,18-22,26,28-29H2,1-7H3/t32?,35?,44?,45?,46-,50-,51?,52-,53+/m0/s1. The van der Waals surface area contributed by atoms with Crippen LogP contribution in [0.3, 0.4) is 0 Å². The molecule has 2 saturated heterocycles. The molecule has 6 aliphatic rings. The van der Waals surface area contributed by atoms with Gasteiger partial charge in [0.25, 0.3) is 0 Å². The van der Waals surface area contributed by atoms with Crippen molar-refractivity contribution in [2.75, 3.05) is 66.0 Å². The lowest BCUT2D eigenvalue weighted by Gasteiger charge is -2.63. The molecule has 6 heterocycles. The largest absolute Gasteiger partial charge is 0.496 e. The maximum atomic E-state index is 15.6. The van der Waals surface area contributed by atoms with Crippen LogP contribution >= 0.6 is 0 Å². The summed E-state index contributed by atoms with van der Waals surface area (Å²) in [7, 11) is 5.92. The van der Waals surface area contributed by atoms with Gasteiger partial charge in [-0.2, -0.15) is 5.26 Å². The Hall–Kier alpha value is -5.82. The fraction of sp³-hybridized carbons (Fsp3) is 0.509. The Labute approximate surface area is 394 Å². The quantitative estimate of drug-likeness (QED) is 0.110. The number of aromatic nitrogens is 1. The van der Waals surface area contributed by atoms with Crippen molar-refractivity contribution in [2.45, 2.75) is 93.4 Å². The van der Waals surface area contributed by atoms with Gasteiger partial charge in [0.2, 0.25) is 11.5 Å². The molecule has 13 nitrogen and oxygen atoms in total. The highest BCUT2D eigenvalue weighted by Gasteiger charge is 2.80. The molecule has 1 saturated carbocycles. The van der Waals surface area contributed by atoms with Crippen molar-refractivity contribution in [3.63, 3.8) is 0 Å². The summed E-state index contributed by atoms with van der Waals surface area (Å²) in [4.78, 5) is 53.3. The highest BCUT2D eigenvalue weighted by Crippen LogP contribution is 2.68. The molecule has 2 N–H and O–H groups in total. The Morgan fingerprint density at radius 1 is 0.971 bits per heavy atom. The lowest BCUT2D eigenvalue weighted by molar-refractivity contribution is -0.228. The number of aromatic amines is 1. The maximum absolute atomic E-state index is 15.6. The monoisotopic (exact) mass is 931 g/mol. The van der Waals surface area contributed by atoms with Crippen molar-refractivity contribution >= 4 is 34.5 Å². The third kappa shape index (κ3) is 6.28. The van der Waals surface area contributed by atoms with Crippen molar-refractivity contribution in [3.8, 4) is 22.9 Å². The molecular formula is C53H59F2N5O8. The van der Waals surface area contributed by atoms with E-state index in [1.807, 2.05) is 67.4 Å². The number of nitrogens with one attached hydrogen (secondary N) is 1. The van der Waals surface area contributed by atoms with Crippen LogP contribution in [0.4, 0.5) is 14.5 Å². The van der Waals surface area contributed by atoms with Gasteiger partial charge in [0.05, 0.1) is 39.0 Å². The number of ether oxygens (including phenoxy) is 4. The molecule has 358 valence electrons. The summed E-state index contributed by atoms with van der Waals surface area (Å²) in [6.07, 6.45) is 4.28. The van der Waals surface area contributed by atoms with Crippen LogP contribution in [0.25, 0.3) is 22.0 Å². The van der Waals surface area contributed by atoms with E-state index in [1.165, 1.54) is 28.3 Å². The van der Waals surface area contributed by atoms with Gasteiger partial charge in [0.15, 0.2) is 6.10 Å². The predicted octanol–water partition coefficient (Wildman–Crippen LogP) is 6.66. The molecule has 5 aliphatic heterocycles. The average molecular weight is 932 g/mol. The van der Waals surface area contributed by atoms with Crippen LogP contribution in [-0.4, -0.2) is 129 Å². The number of aliphatic hydroxyl groups is 1. The van der Waals surface area contributed by atoms with E-state index >= 15 is 13.6 Å². The first-order valence-corrected chi connectivity index (χ1v) is 23.7. The second kappa shape index (κ2) is 16.1. The number of nitriles is 1. The second-order valence-electron chi connectivity index (χ2n) is 20.2. The highest BCUT2D eigenvalue weighted by atomic mass is 19.3. The van der Waals surface area contributed by atoms with Crippen LogP contribution in [0, 0.1) is 28.6 Å². The van der Waals surface area contributed by atoms with Crippen molar-refractivity contribution in [3.05, 3.63) is 94.7 Å². The minimum Gasteiger partial charge on any atom is -0.496 e. The molecule has 10 rings (SSSR count). The van der Waals surface area contributed by atoms with Crippen LogP contribution in [0.5, 0.6) is 5.75 Å². The summed E-state index contributed by atoms with van der Waals surface area (Å²) in [6.45, 7) is 6.57. The molecule has 3 fully saturated rings. The molecule has 0 radical (unpaired) electrons. The van der Waals surface area contributed by atoms with Gasteiger partial charge in [-0.25, -0.2) is 13.6 Å². The Bertz CT molecular complexity index is 2800. The van der Waals surface area contributed by atoms with Crippen LogP contribution < -0.4 is 9.64 Å². The van der Waals surface area contributed by atoms with Gasteiger partial charge in [-0.3, -0.25) is 14.5 Å². The lowest BCUT2D eigenvalue weighted by atomic mass is 9.47. The molecule has 1 spiro atoms. The van der Waals surface area contributed by atoms with Gasteiger partial charge in [-0.05, 0) is 104 Å². The number of carbonyl (C=O) groups excluding carboxylic acids is 3. The number of anilines is 1. The molecule has 2 bridgehead atoms. The Morgan fingerprint density at radius 2 is 1.71 bits per heavy atom. The van der Waals surface area contributed by atoms with Crippen LogP contribution in [0.15, 0.2) is 66.7 Å². The third-order valence-electron chi connectivity index (χ3n) is 17.0. The molecule has 6 unspecified atom stereocenters. The minimum absolute atomic E-state index is 0.101. The predicted molar refractivity (Wildman–Crippen MR) is 249 cm³/mol. The number of hydrogen-bond acceptors (Lipinski definition) is 12. The molecule has 68 heavy (non-hydrogen) atoms. The summed E-state index contributed by atoms with van der Waals surface area (Å²) in [5, 5.41) is 23.8. The Morgan fingerprint density at radius 3 is 2.37 bits per heavy atom. The first-order valence-electron chi connectivity index (χ1n) is 23.7. The van der Waals surface area contributed by atoms with E-state index in [4.69, 9.17) is 18.9 Å². The van der Waals surface area contributed by atoms with Crippen molar-refractivity contribution in [1.82, 2.24) is 14.8 Å². The topological polar surface area (TPSA) is 158 Å². The molecule has 4 aromatic rings.